The van der Waals surface area contributed by atoms with Crippen LogP contribution in [0.3, 0.4) is 0 Å². The largest absolute Gasteiger partial charge is 0.461 e. The van der Waals surface area contributed by atoms with Gasteiger partial charge in [0.05, 0.1) is 6.61 Å². The van der Waals surface area contributed by atoms with Crippen LogP contribution in [0.15, 0.2) is 39.7 Å². The Morgan fingerprint density at radius 2 is 2.07 bits per heavy atom. The monoisotopic (exact) mass is 486 g/mol. The Bertz CT molecular complexity index is 678. The summed E-state index contributed by atoms with van der Waals surface area (Å²) in [4.78, 5) is 6.81. The van der Waals surface area contributed by atoms with E-state index in [9.17, 15) is 0 Å². The molecule has 2 aromatic rings. The lowest BCUT2D eigenvalue weighted by atomic mass is 10.1. The minimum Gasteiger partial charge on any atom is -0.461 e. The first kappa shape index (κ1) is 22.0. The molecule has 27 heavy (non-hydrogen) atoms. The third-order valence-electron chi connectivity index (χ3n) is 4.90. The molecule has 1 saturated heterocycles. The second-order valence-corrected chi connectivity index (χ2v) is 6.75. The number of benzene rings is 1. The summed E-state index contributed by atoms with van der Waals surface area (Å²) >= 11 is 0. The second-order valence-electron chi connectivity index (χ2n) is 6.75. The number of nitrogens with one attached hydrogen (secondary N) is 2. The molecule has 2 N–H and O–H groups in total. The van der Waals surface area contributed by atoms with Crippen molar-refractivity contribution in [3.05, 3.63) is 36.1 Å². The smallest absolute Gasteiger partial charge is 0.191 e. The maximum Gasteiger partial charge on any atom is 0.191 e. The van der Waals surface area contributed by atoms with Gasteiger partial charge in [-0.15, -0.1) is 24.0 Å². The molecule has 0 spiro atoms. The van der Waals surface area contributed by atoms with Gasteiger partial charge in [-0.3, -0.25) is 4.99 Å². The number of nitrogens with zero attached hydrogens (tertiary/aromatic N) is 2. The average Bonchev–Trinajstić information content (AvgIpc) is 3.09. The highest BCUT2D eigenvalue weighted by atomic mass is 127. The third-order valence-corrected chi connectivity index (χ3v) is 4.90. The molecule has 6 nitrogen and oxygen atoms in total. The summed E-state index contributed by atoms with van der Waals surface area (Å²) in [5.74, 6) is 1.87. The first-order valence-electron chi connectivity index (χ1n) is 9.44. The van der Waals surface area contributed by atoms with Crippen molar-refractivity contribution in [1.82, 2.24) is 15.5 Å². The summed E-state index contributed by atoms with van der Waals surface area (Å²) in [6.07, 6.45) is 3.10. The van der Waals surface area contributed by atoms with Crippen molar-refractivity contribution in [3.63, 3.8) is 0 Å². The Morgan fingerprint density at radius 3 is 2.78 bits per heavy atom. The average molecular weight is 486 g/mol. The van der Waals surface area contributed by atoms with Crippen molar-refractivity contribution in [3.8, 4) is 0 Å². The molecule has 0 bridgehead atoms. The molecule has 1 aliphatic heterocycles. The van der Waals surface area contributed by atoms with Crippen molar-refractivity contribution in [1.29, 1.82) is 0 Å². The minimum absolute atomic E-state index is 0. The van der Waals surface area contributed by atoms with E-state index in [1.54, 1.807) is 7.11 Å². The van der Waals surface area contributed by atoms with Gasteiger partial charge in [0.15, 0.2) is 5.96 Å². The summed E-state index contributed by atoms with van der Waals surface area (Å²) < 4.78 is 11.0. The zero-order valence-electron chi connectivity index (χ0n) is 16.2. The minimum atomic E-state index is 0. The Balaban J connectivity index is 0.00000261. The number of halogens is 1. The summed E-state index contributed by atoms with van der Waals surface area (Å²) in [6.45, 7) is 4.84. The highest BCUT2D eigenvalue weighted by Gasteiger charge is 2.19. The summed E-state index contributed by atoms with van der Waals surface area (Å²) in [5, 5.41) is 8.10. The van der Waals surface area contributed by atoms with Gasteiger partial charge < -0.3 is 24.7 Å². The molecule has 0 atom stereocenters. The summed E-state index contributed by atoms with van der Waals surface area (Å²) in [6, 6.07) is 10.7. The topological polar surface area (TPSA) is 62.0 Å². The van der Waals surface area contributed by atoms with Crippen LogP contribution in [0.1, 0.15) is 18.6 Å². The fourth-order valence-electron chi connectivity index (χ4n) is 3.37. The van der Waals surface area contributed by atoms with Gasteiger partial charge in [0.1, 0.15) is 11.3 Å². The van der Waals surface area contributed by atoms with Crippen LogP contribution in [0.5, 0.6) is 0 Å². The standard InChI is InChI=1S/C20H30N4O2.HI/c1-21-20(23-17-8-11-24(12-9-17)13-14-25-2)22-10-7-18-15-16-5-3-4-6-19(16)26-18;/h3-6,15,17H,7-14H2,1-2H3,(H2,21,22,23);1H. The number of ether oxygens (including phenoxy) is 1. The van der Waals surface area contributed by atoms with Gasteiger partial charge in [0.25, 0.3) is 0 Å². The normalized spacial score (nSPS) is 16.3. The van der Waals surface area contributed by atoms with Crippen molar-refractivity contribution in [2.45, 2.75) is 25.3 Å². The van der Waals surface area contributed by atoms with Crippen LogP contribution in [-0.4, -0.2) is 63.8 Å². The molecule has 1 aliphatic rings. The highest BCUT2D eigenvalue weighted by molar-refractivity contribution is 14.0. The van der Waals surface area contributed by atoms with Crippen molar-refractivity contribution < 1.29 is 9.15 Å². The molecule has 7 heteroatoms. The molecule has 0 saturated carbocycles. The maximum atomic E-state index is 5.86. The molecule has 1 aromatic carbocycles. The predicted octanol–water partition coefficient (Wildman–Crippen LogP) is 2.87. The van der Waals surface area contributed by atoms with Gasteiger partial charge in [-0.25, -0.2) is 0 Å². The van der Waals surface area contributed by atoms with Gasteiger partial charge in [0.2, 0.25) is 0 Å². The Kier molecular flexibility index (Phi) is 9.36. The summed E-state index contributed by atoms with van der Waals surface area (Å²) in [7, 11) is 3.58. The fraction of sp³-hybridized carbons (Fsp3) is 0.550. The quantitative estimate of drug-likeness (QED) is 0.358. The number of aliphatic imine (C=N–C) groups is 1. The predicted molar refractivity (Wildman–Crippen MR) is 121 cm³/mol. The zero-order valence-corrected chi connectivity index (χ0v) is 18.6. The maximum absolute atomic E-state index is 5.86. The van der Waals surface area contributed by atoms with Gasteiger partial charge in [0, 0.05) is 58.2 Å². The Labute approximate surface area is 178 Å². The van der Waals surface area contributed by atoms with Crippen molar-refractivity contribution in [2.24, 2.45) is 4.99 Å². The van der Waals surface area contributed by atoms with Crippen molar-refractivity contribution >= 4 is 40.9 Å². The lowest BCUT2D eigenvalue weighted by Crippen LogP contribution is -2.49. The fourth-order valence-corrected chi connectivity index (χ4v) is 3.37. The van der Waals surface area contributed by atoms with Crippen LogP contribution in [0, 0.1) is 0 Å². The van der Waals surface area contributed by atoms with E-state index in [1.165, 1.54) is 0 Å². The number of furan rings is 1. The zero-order chi connectivity index (χ0) is 18.2. The van der Waals surface area contributed by atoms with E-state index in [0.29, 0.717) is 6.04 Å². The number of piperidine rings is 1. The molecule has 2 heterocycles. The number of hydrogen-bond acceptors (Lipinski definition) is 4. The molecule has 150 valence electrons. The van der Waals surface area contributed by atoms with Crippen LogP contribution >= 0.6 is 24.0 Å². The van der Waals surface area contributed by atoms with Gasteiger partial charge >= 0.3 is 0 Å². The number of para-hydroxylation sites is 1. The van der Waals surface area contributed by atoms with Gasteiger partial charge in [-0.2, -0.15) is 0 Å². The highest BCUT2D eigenvalue weighted by Crippen LogP contribution is 2.18. The van der Waals surface area contributed by atoms with Crippen LogP contribution in [0.25, 0.3) is 11.0 Å². The number of likely N-dealkylation sites (tertiary alicyclic amines) is 1. The van der Waals surface area contributed by atoms with Crippen LogP contribution in [-0.2, 0) is 11.2 Å². The molecule has 1 fully saturated rings. The molecule has 0 amide bonds. The van der Waals surface area contributed by atoms with Crippen molar-refractivity contribution in [2.75, 3.05) is 46.9 Å². The number of methoxy groups -OCH3 is 1. The van der Waals surface area contributed by atoms with E-state index < -0.39 is 0 Å². The summed E-state index contributed by atoms with van der Waals surface area (Å²) in [5.41, 5.74) is 0.949. The van der Waals surface area contributed by atoms with E-state index in [4.69, 9.17) is 9.15 Å². The Morgan fingerprint density at radius 1 is 1.30 bits per heavy atom. The second kappa shape index (κ2) is 11.5. The molecular weight excluding hydrogens is 455 g/mol. The molecular formula is C20H31IN4O2. The molecule has 0 unspecified atom stereocenters. The number of fused-ring (bicyclic) bond motifs is 1. The molecule has 3 rings (SSSR count). The lowest BCUT2D eigenvalue weighted by molar-refractivity contribution is 0.128. The van der Waals surface area contributed by atoms with Crippen LogP contribution in [0.2, 0.25) is 0 Å². The van der Waals surface area contributed by atoms with E-state index in [-0.39, 0.29) is 24.0 Å². The molecule has 0 aliphatic carbocycles. The number of guanidine groups is 1. The van der Waals surface area contributed by atoms with E-state index in [1.807, 2.05) is 25.2 Å². The number of hydrogen-bond donors (Lipinski definition) is 2. The van der Waals surface area contributed by atoms with Crippen LogP contribution in [0.4, 0.5) is 0 Å². The van der Waals surface area contributed by atoms with Gasteiger partial charge in [-0.05, 0) is 25.0 Å². The third kappa shape index (κ3) is 6.65. The SMILES string of the molecule is CN=C(NCCc1cc2ccccc2o1)NC1CCN(CCOC)CC1.I. The number of rotatable bonds is 7. The van der Waals surface area contributed by atoms with E-state index in [2.05, 4.69) is 32.7 Å². The Hall–Kier alpha value is -1.32. The van der Waals surface area contributed by atoms with E-state index >= 15 is 0 Å². The van der Waals surface area contributed by atoms with E-state index in [0.717, 1.165) is 74.7 Å². The molecule has 0 radical (unpaired) electrons. The first-order chi connectivity index (χ1) is 12.8. The van der Waals surface area contributed by atoms with Gasteiger partial charge in [-0.1, -0.05) is 18.2 Å². The lowest BCUT2D eigenvalue weighted by Gasteiger charge is -2.32. The first-order valence-corrected chi connectivity index (χ1v) is 9.44. The van der Waals surface area contributed by atoms with Crippen LogP contribution < -0.4 is 10.6 Å². The molecule has 1 aromatic heterocycles.